The van der Waals surface area contributed by atoms with Crippen molar-refractivity contribution in [3.05, 3.63) is 64.7 Å². The number of hydrogen-bond donors (Lipinski definition) is 0. The van der Waals surface area contributed by atoms with Gasteiger partial charge in [-0.2, -0.15) is 0 Å². The number of imide groups is 1. The normalized spacial score (nSPS) is 13.0. The van der Waals surface area contributed by atoms with Gasteiger partial charge in [0.2, 0.25) is 0 Å². The summed E-state index contributed by atoms with van der Waals surface area (Å²) in [5, 5.41) is 0. The zero-order valence-electron chi connectivity index (χ0n) is 13.2. The quantitative estimate of drug-likeness (QED) is 0.637. The highest BCUT2D eigenvalue weighted by Crippen LogP contribution is 2.26. The number of rotatable bonds is 4. The average Bonchev–Trinajstić information content (AvgIpc) is 2.86. The van der Waals surface area contributed by atoms with Crippen LogP contribution in [-0.2, 0) is 11.3 Å². The van der Waals surface area contributed by atoms with Crippen LogP contribution in [0, 0.1) is 0 Å². The molecule has 0 aliphatic carbocycles. The Bertz CT molecular complexity index is 808. The first-order valence-corrected chi connectivity index (χ1v) is 7.27. The molecule has 3 rings (SSSR count). The SMILES string of the molecule is COC(=O)c1cc(CN2C(=O)c3ccccc3C2=O)ccc1OC. The molecule has 0 N–H and O–H groups in total. The van der Waals surface area contributed by atoms with Crippen LogP contribution in [0.3, 0.4) is 0 Å². The highest BCUT2D eigenvalue weighted by Gasteiger charge is 2.35. The molecule has 0 radical (unpaired) electrons. The van der Waals surface area contributed by atoms with Gasteiger partial charge < -0.3 is 9.47 Å². The standard InChI is InChI=1S/C18H15NO5/c1-23-15-8-7-11(9-14(15)18(22)24-2)10-19-16(20)12-5-3-4-6-13(12)17(19)21/h3-9H,10H2,1-2H3. The number of carbonyl (C=O) groups excluding carboxylic acids is 3. The number of carbonyl (C=O) groups is 3. The first kappa shape index (κ1) is 15.7. The maximum atomic E-state index is 12.4. The predicted molar refractivity (Wildman–Crippen MR) is 85.0 cm³/mol. The van der Waals surface area contributed by atoms with Gasteiger partial charge >= 0.3 is 5.97 Å². The Morgan fingerprint density at radius 3 is 2.17 bits per heavy atom. The van der Waals surface area contributed by atoms with Crippen LogP contribution < -0.4 is 4.74 Å². The van der Waals surface area contributed by atoms with E-state index in [1.165, 1.54) is 14.2 Å². The fourth-order valence-electron chi connectivity index (χ4n) is 2.69. The molecule has 0 saturated heterocycles. The molecule has 0 bridgehead atoms. The van der Waals surface area contributed by atoms with Crippen LogP contribution in [0.2, 0.25) is 0 Å². The zero-order chi connectivity index (χ0) is 17.3. The second-order valence-corrected chi connectivity index (χ2v) is 5.27. The molecule has 6 nitrogen and oxygen atoms in total. The summed E-state index contributed by atoms with van der Waals surface area (Å²) in [6, 6.07) is 11.6. The second-order valence-electron chi connectivity index (χ2n) is 5.27. The van der Waals surface area contributed by atoms with Gasteiger partial charge in [-0.15, -0.1) is 0 Å². The molecule has 0 spiro atoms. The lowest BCUT2D eigenvalue weighted by molar-refractivity contribution is 0.0596. The lowest BCUT2D eigenvalue weighted by atomic mass is 10.1. The molecule has 1 aliphatic heterocycles. The summed E-state index contributed by atoms with van der Waals surface area (Å²) >= 11 is 0. The first-order chi connectivity index (χ1) is 11.6. The number of nitrogens with zero attached hydrogens (tertiary/aromatic N) is 1. The highest BCUT2D eigenvalue weighted by molar-refractivity contribution is 6.21. The first-order valence-electron chi connectivity index (χ1n) is 7.27. The number of methoxy groups -OCH3 is 2. The minimum Gasteiger partial charge on any atom is -0.496 e. The van der Waals surface area contributed by atoms with E-state index in [4.69, 9.17) is 9.47 Å². The van der Waals surface area contributed by atoms with Crippen molar-refractivity contribution in [2.75, 3.05) is 14.2 Å². The summed E-state index contributed by atoms with van der Waals surface area (Å²) < 4.78 is 9.87. The minimum atomic E-state index is -0.545. The summed E-state index contributed by atoms with van der Waals surface area (Å²) in [6.45, 7) is 0.0698. The fraction of sp³-hybridized carbons (Fsp3) is 0.167. The van der Waals surface area contributed by atoms with Crippen molar-refractivity contribution in [1.29, 1.82) is 0 Å². The van der Waals surface area contributed by atoms with Crippen LogP contribution in [0.4, 0.5) is 0 Å². The van der Waals surface area contributed by atoms with Gasteiger partial charge in [0, 0.05) is 0 Å². The molecule has 2 aromatic rings. The van der Waals surface area contributed by atoms with E-state index in [0.29, 0.717) is 22.4 Å². The average molecular weight is 325 g/mol. The summed E-state index contributed by atoms with van der Waals surface area (Å²) in [5.74, 6) is -0.860. The predicted octanol–water partition coefficient (Wildman–Crippen LogP) is 2.28. The molecular weight excluding hydrogens is 310 g/mol. The summed E-state index contributed by atoms with van der Waals surface area (Å²) in [6.07, 6.45) is 0. The summed E-state index contributed by atoms with van der Waals surface area (Å²) in [7, 11) is 2.73. The number of esters is 1. The minimum absolute atomic E-state index is 0.0698. The third-order valence-corrected chi connectivity index (χ3v) is 3.89. The number of fused-ring (bicyclic) bond motifs is 1. The van der Waals surface area contributed by atoms with E-state index in [1.54, 1.807) is 42.5 Å². The lowest BCUT2D eigenvalue weighted by Crippen LogP contribution is -2.29. The Morgan fingerprint density at radius 1 is 1.00 bits per heavy atom. The van der Waals surface area contributed by atoms with Crippen molar-refractivity contribution in [2.24, 2.45) is 0 Å². The number of hydrogen-bond acceptors (Lipinski definition) is 5. The van der Waals surface area contributed by atoms with Gasteiger partial charge in [-0.05, 0) is 29.8 Å². The Balaban J connectivity index is 1.91. The maximum absolute atomic E-state index is 12.4. The molecule has 0 aromatic heterocycles. The van der Waals surface area contributed by atoms with E-state index < -0.39 is 5.97 Å². The van der Waals surface area contributed by atoms with Crippen LogP contribution >= 0.6 is 0 Å². The third kappa shape index (κ3) is 2.52. The number of ether oxygens (including phenoxy) is 2. The molecule has 24 heavy (non-hydrogen) atoms. The van der Waals surface area contributed by atoms with Gasteiger partial charge in [-0.3, -0.25) is 14.5 Å². The second kappa shape index (κ2) is 6.16. The monoisotopic (exact) mass is 325 g/mol. The lowest BCUT2D eigenvalue weighted by Gasteiger charge is -2.15. The largest absolute Gasteiger partial charge is 0.496 e. The zero-order valence-corrected chi connectivity index (χ0v) is 13.2. The Labute approximate surface area is 138 Å². The van der Waals surface area contributed by atoms with E-state index in [2.05, 4.69) is 0 Å². The molecule has 0 fully saturated rings. The van der Waals surface area contributed by atoms with E-state index in [1.807, 2.05) is 0 Å². The summed E-state index contributed by atoms with van der Waals surface area (Å²) in [5.41, 5.74) is 1.66. The van der Waals surface area contributed by atoms with Gasteiger partial charge in [0.1, 0.15) is 11.3 Å². The molecule has 0 unspecified atom stereocenters. The van der Waals surface area contributed by atoms with E-state index in [9.17, 15) is 14.4 Å². The topological polar surface area (TPSA) is 72.9 Å². The summed E-state index contributed by atoms with van der Waals surface area (Å²) in [4.78, 5) is 37.8. The van der Waals surface area contributed by atoms with E-state index >= 15 is 0 Å². The molecule has 2 amide bonds. The van der Waals surface area contributed by atoms with Crippen LogP contribution in [-0.4, -0.2) is 36.9 Å². The van der Waals surface area contributed by atoms with Gasteiger partial charge in [0.25, 0.3) is 11.8 Å². The third-order valence-electron chi connectivity index (χ3n) is 3.89. The van der Waals surface area contributed by atoms with Crippen molar-refractivity contribution < 1.29 is 23.9 Å². The van der Waals surface area contributed by atoms with Gasteiger partial charge in [-0.1, -0.05) is 18.2 Å². The molecule has 1 heterocycles. The maximum Gasteiger partial charge on any atom is 0.341 e. The molecule has 0 atom stereocenters. The van der Waals surface area contributed by atoms with Crippen LogP contribution in [0.25, 0.3) is 0 Å². The van der Waals surface area contributed by atoms with Gasteiger partial charge in [0.15, 0.2) is 0 Å². The fourth-order valence-corrected chi connectivity index (χ4v) is 2.69. The van der Waals surface area contributed by atoms with Crippen LogP contribution in [0.15, 0.2) is 42.5 Å². The van der Waals surface area contributed by atoms with Crippen molar-refractivity contribution in [3.63, 3.8) is 0 Å². The highest BCUT2D eigenvalue weighted by atomic mass is 16.5. The molecule has 1 aliphatic rings. The Morgan fingerprint density at radius 2 is 1.62 bits per heavy atom. The van der Waals surface area contributed by atoms with Crippen molar-refractivity contribution in [2.45, 2.75) is 6.54 Å². The van der Waals surface area contributed by atoms with Crippen LogP contribution in [0.1, 0.15) is 36.6 Å². The molecule has 2 aromatic carbocycles. The number of benzene rings is 2. The van der Waals surface area contributed by atoms with Gasteiger partial charge in [0.05, 0.1) is 31.9 Å². The molecule has 0 saturated carbocycles. The number of amides is 2. The Kier molecular flexibility index (Phi) is 4.04. The molecule has 122 valence electrons. The van der Waals surface area contributed by atoms with Crippen molar-refractivity contribution >= 4 is 17.8 Å². The van der Waals surface area contributed by atoms with Gasteiger partial charge in [-0.25, -0.2) is 4.79 Å². The Hall–Kier alpha value is -3.15. The molecular formula is C18H15NO5. The van der Waals surface area contributed by atoms with Crippen molar-refractivity contribution in [1.82, 2.24) is 4.90 Å². The van der Waals surface area contributed by atoms with E-state index in [0.717, 1.165) is 4.90 Å². The molecule has 6 heteroatoms. The van der Waals surface area contributed by atoms with E-state index in [-0.39, 0.29) is 23.9 Å². The van der Waals surface area contributed by atoms with Crippen LogP contribution in [0.5, 0.6) is 5.75 Å². The smallest absolute Gasteiger partial charge is 0.341 e. The van der Waals surface area contributed by atoms with Crippen molar-refractivity contribution in [3.8, 4) is 5.75 Å².